The second-order valence-corrected chi connectivity index (χ2v) is 7.95. The predicted octanol–water partition coefficient (Wildman–Crippen LogP) is 4.53. The minimum atomic E-state index is -0.558. The van der Waals surface area contributed by atoms with E-state index in [2.05, 4.69) is 11.9 Å². The zero-order valence-corrected chi connectivity index (χ0v) is 16.7. The fourth-order valence-corrected chi connectivity index (χ4v) is 4.63. The van der Waals surface area contributed by atoms with Gasteiger partial charge in [-0.3, -0.25) is 4.90 Å². The molecule has 4 rings (SSSR count). The number of hydrogen-bond acceptors (Lipinski definition) is 5. The first-order valence-corrected chi connectivity index (χ1v) is 9.94. The molecule has 0 aliphatic carbocycles. The largest absolute Gasteiger partial charge is 0.383 e. The molecule has 0 aliphatic heterocycles. The molecule has 0 bridgehead atoms. The summed E-state index contributed by atoms with van der Waals surface area (Å²) in [7, 11) is 0. The zero-order chi connectivity index (χ0) is 20.5. The molecule has 2 aromatic carbocycles. The number of fused-ring (bicyclic) bond motifs is 1. The number of urea groups is 1. The van der Waals surface area contributed by atoms with Crippen molar-refractivity contribution in [3.05, 3.63) is 71.2 Å². The number of thiophene rings is 1. The van der Waals surface area contributed by atoms with Crippen LogP contribution in [-0.2, 0) is 6.54 Å². The number of carbonyl (C=O) groups is 1. The van der Waals surface area contributed by atoms with Gasteiger partial charge in [0.2, 0.25) is 0 Å². The Morgan fingerprint density at radius 2 is 1.86 bits per heavy atom. The maximum Gasteiger partial charge on any atom is 0.323 e. The maximum atomic E-state index is 12.2. The monoisotopic (exact) mass is 403 g/mol. The molecule has 2 amide bonds. The van der Waals surface area contributed by atoms with E-state index in [9.17, 15) is 4.79 Å². The standard InChI is InChI=1S/C22H21N5OS/c1-13-19(20-18(29-13)9-10-26-21(20)24)15-5-7-16(8-6-15)27(22(25)28)17-4-2-3-14(11-17)12-23/h2-11H,12,23H2,1H3,(H2,24,26)(H2,25,28). The van der Waals surface area contributed by atoms with Crippen molar-refractivity contribution < 1.29 is 4.79 Å². The summed E-state index contributed by atoms with van der Waals surface area (Å²) < 4.78 is 1.10. The topological polar surface area (TPSA) is 111 Å². The molecular weight excluding hydrogens is 382 g/mol. The molecule has 2 heterocycles. The summed E-state index contributed by atoms with van der Waals surface area (Å²) >= 11 is 1.69. The molecule has 7 heteroatoms. The van der Waals surface area contributed by atoms with Crippen LogP contribution in [0.4, 0.5) is 22.0 Å². The first-order chi connectivity index (χ1) is 14.0. The molecule has 0 saturated heterocycles. The highest BCUT2D eigenvalue weighted by molar-refractivity contribution is 7.19. The molecular formula is C22H21N5OS. The molecule has 0 unspecified atom stereocenters. The van der Waals surface area contributed by atoms with Gasteiger partial charge < -0.3 is 17.2 Å². The Labute approximate surface area is 172 Å². The SMILES string of the molecule is Cc1sc2ccnc(N)c2c1-c1ccc(N(C(N)=O)c2cccc(CN)c2)cc1. The Hall–Kier alpha value is -3.42. The van der Waals surface area contributed by atoms with Gasteiger partial charge >= 0.3 is 6.03 Å². The maximum absolute atomic E-state index is 12.2. The molecule has 0 spiro atoms. The van der Waals surface area contributed by atoms with Crippen LogP contribution in [0.15, 0.2) is 60.8 Å². The van der Waals surface area contributed by atoms with E-state index in [0.29, 0.717) is 23.7 Å². The van der Waals surface area contributed by atoms with Crippen molar-refractivity contribution in [2.45, 2.75) is 13.5 Å². The second-order valence-electron chi connectivity index (χ2n) is 6.70. The molecule has 6 N–H and O–H groups in total. The van der Waals surface area contributed by atoms with Crippen LogP contribution in [0.2, 0.25) is 0 Å². The van der Waals surface area contributed by atoms with Crippen molar-refractivity contribution >= 4 is 44.6 Å². The van der Waals surface area contributed by atoms with Gasteiger partial charge in [-0.15, -0.1) is 11.3 Å². The summed E-state index contributed by atoms with van der Waals surface area (Å²) in [5.74, 6) is 0.517. The number of nitrogen functional groups attached to an aromatic ring is 1. The molecule has 0 aliphatic rings. The number of aryl methyl sites for hydroxylation is 1. The number of pyridine rings is 1. The molecule has 0 fully saturated rings. The number of anilines is 3. The number of primary amides is 1. The number of benzene rings is 2. The Bertz CT molecular complexity index is 1200. The van der Waals surface area contributed by atoms with Crippen molar-refractivity contribution in [3.63, 3.8) is 0 Å². The van der Waals surface area contributed by atoms with Crippen LogP contribution >= 0.6 is 11.3 Å². The van der Waals surface area contributed by atoms with E-state index in [0.717, 1.165) is 31.7 Å². The van der Waals surface area contributed by atoms with E-state index in [1.54, 1.807) is 17.5 Å². The van der Waals surface area contributed by atoms with Crippen LogP contribution in [0.5, 0.6) is 0 Å². The highest BCUT2D eigenvalue weighted by Gasteiger charge is 2.18. The summed E-state index contributed by atoms with van der Waals surface area (Å²) in [6.07, 6.45) is 1.72. The number of rotatable bonds is 4. The molecule has 0 atom stereocenters. The first-order valence-electron chi connectivity index (χ1n) is 9.12. The lowest BCUT2D eigenvalue weighted by Gasteiger charge is -2.21. The van der Waals surface area contributed by atoms with Crippen LogP contribution in [0.1, 0.15) is 10.4 Å². The Balaban J connectivity index is 1.77. The Morgan fingerprint density at radius 3 is 2.55 bits per heavy atom. The van der Waals surface area contributed by atoms with Crippen LogP contribution in [-0.4, -0.2) is 11.0 Å². The third-order valence-corrected chi connectivity index (χ3v) is 5.92. The van der Waals surface area contributed by atoms with Gasteiger partial charge in [0, 0.05) is 33.3 Å². The second kappa shape index (κ2) is 7.54. The van der Waals surface area contributed by atoms with Gasteiger partial charge in [-0.2, -0.15) is 0 Å². The minimum Gasteiger partial charge on any atom is -0.383 e. The number of amides is 2. The van der Waals surface area contributed by atoms with Gasteiger partial charge in [0.05, 0.1) is 11.4 Å². The van der Waals surface area contributed by atoms with Crippen LogP contribution in [0.25, 0.3) is 21.2 Å². The Morgan fingerprint density at radius 1 is 1.10 bits per heavy atom. The average molecular weight is 404 g/mol. The first kappa shape index (κ1) is 18.9. The highest BCUT2D eigenvalue weighted by atomic mass is 32.1. The quantitative estimate of drug-likeness (QED) is 0.465. The van der Waals surface area contributed by atoms with Crippen molar-refractivity contribution in [3.8, 4) is 11.1 Å². The van der Waals surface area contributed by atoms with Crippen molar-refractivity contribution in [1.82, 2.24) is 4.98 Å². The van der Waals surface area contributed by atoms with Crippen molar-refractivity contribution in [2.75, 3.05) is 10.6 Å². The van der Waals surface area contributed by atoms with E-state index in [1.807, 2.05) is 54.6 Å². The summed E-state index contributed by atoms with van der Waals surface area (Å²) in [5.41, 5.74) is 21.9. The number of nitrogens with zero attached hydrogens (tertiary/aromatic N) is 2. The minimum absolute atomic E-state index is 0.388. The molecule has 0 saturated carbocycles. The third-order valence-electron chi connectivity index (χ3n) is 4.85. The lowest BCUT2D eigenvalue weighted by atomic mass is 10.0. The van der Waals surface area contributed by atoms with Gasteiger partial charge in [0.1, 0.15) is 5.82 Å². The van der Waals surface area contributed by atoms with Gasteiger partial charge in [0.15, 0.2) is 0 Å². The Kier molecular flexibility index (Phi) is 4.92. The zero-order valence-electron chi connectivity index (χ0n) is 15.9. The van der Waals surface area contributed by atoms with Crippen LogP contribution in [0.3, 0.4) is 0 Å². The molecule has 4 aromatic rings. The smallest absolute Gasteiger partial charge is 0.323 e. The fourth-order valence-electron chi connectivity index (χ4n) is 3.54. The molecule has 6 nitrogen and oxygen atoms in total. The third kappa shape index (κ3) is 3.41. The molecule has 0 radical (unpaired) electrons. The normalized spacial score (nSPS) is 11.0. The van der Waals surface area contributed by atoms with Gasteiger partial charge in [-0.25, -0.2) is 9.78 Å². The fraction of sp³-hybridized carbons (Fsp3) is 0.0909. The van der Waals surface area contributed by atoms with Gasteiger partial charge in [-0.05, 0) is 48.4 Å². The van der Waals surface area contributed by atoms with Crippen LogP contribution < -0.4 is 22.1 Å². The van der Waals surface area contributed by atoms with Gasteiger partial charge in [-0.1, -0.05) is 24.3 Å². The number of aromatic nitrogens is 1. The molecule has 29 heavy (non-hydrogen) atoms. The molecule has 146 valence electrons. The lowest BCUT2D eigenvalue weighted by Crippen LogP contribution is -2.31. The number of hydrogen-bond donors (Lipinski definition) is 3. The summed E-state index contributed by atoms with van der Waals surface area (Å²) in [6, 6.07) is 16.6. The van der Waals surface area contributed by atoms with Crippen LogP contribution in [0, 0.1) is 6.92 Å². The molecule has 2 aromatic heterocycles. The van der Waals surface area contributed by atoms with E-state index in [4.69, 9.17) is 17.2 Å². The number of carbonyl (C=O) groups excluding carboxylic acids is 1. The van der Waals surface area contributed by atoms with Crippen molar-refractivity contribution in [1.29, 1.82) is 0 Å². The summed E-state index contributed by atoms with van der Waals surface area (Å²) in [6.45, 7) is 2.46. The van der Waals surface area contributed by atoms with E-state index >= 15 is 0 Å². The lowest BCUT2D eigenvalue weighted by molar-refractivity contribution is 0.256. The van der Waals surface area contributed by atoms with Gasteiger partial charge in [0.25, 0.3) is 0 Å². The average Bonchev–Trinajstić information content (AvgIpc) is 3.06. The van der Waals surface area contributed by atoms with E-state index in [-0.39, 0.29) is 0 Å². The van der Waals surface area contributed by atoms with Crippen molar-refractivity contribution in [2.24, 2.45) is 11.5 Å². The van der Waals surface area contributed by atoms with E-state index < -0.39 is 6.03 Å². The predicted molar refractivity (Wildman–Crippen MR) is 120 cm³/mol. The van der Waals surface area contributed by atoms with E-state index in [1.165, 1.54) is 4.90 Å². The summed E-state index contributed by atoms with van der Waals surface area (Å²) in [4.78, 5) is 19.0. The highest BCUT2D eigenvalue weighted by Crippen LogP contribution is 2.41. The summed E-state index contributed by atoms with van der Waals surface area (Å²) in [5, 5.41) is 0.963. The number of nitrogens with two attached hydrogens (primary N) is 3.